The van der Waals surface area contributed by atoms with Crippen molar-refractivity contribution in [3.8, 4) is 5.13 Å². The van der Waals surface area contributed by atoms with Crippen molar-refractivity contribution < 1.29 is 14.3 Å². The fourth-order valence-corrected chi connectivity index (χ4v) is 2.67. The molecule has 1 N–H and O–H groups in total. The van der Waals surface area contributed by atoms with E-state index in [9.17, 15) is 14.0 Å². The maximum atomic E-state index is 13.6. The molecule has 7 nitrogen and oxygen atoms in total. The molecule has 0 unspecified atom stereocenters. The second kappa shape index (κ2) is 5.11. The van der Waals surface area contributed by atoms with Crippen LogP contribution in [0.5, 0.6) is 0 Å². The molecule has 3 aromatic heterocycles. The van der Waals surface area contributed by atoms with Gasteiger partial charge in [0.15, 0.2) is 16.6 Å². The Balaban J connectivity index is 2.49. The summed E-state index contributed by atoms with van der Waals surface area (Å²) in [5.41, 5.74) is -1.36. The molecule has 112 valence electrons. The Kier molecular flexibility index (Phi) is 3.38. The number of carboxylic acid groups (broad SMARTS) is 1. The minimum absolute atomic E-state index is 0.0116. The van der Waals surface area contributed by atoms with Crippen LogP contribution >= 0.6 is 23.1 Å². The molecule has 0 aliphatic heterocycles. The summed E-state index contributed by atoms with van der Waals surface area (Å²) in [6.07, 6.45) is 1.08. The summed E-state index contributed by atoms with van der Waals surface area (Å²) in [7, 11) is 0. The first kappa shape index (κ1) is 14.5. The molecular formula is C12H6ClFN4O3S. The van der Waals surface area contributed by atoms with E-state index in [2.05, 4.69) is 14.3 Å². The number of hydrogen-bond acceptors (Lipinski definition) is 6. The van der Waals surface area contributed by atoms with Crippen molar-refractivity contribution >= 4 is 40.1 Å². The van der Waals surface area contributed by atoms with Crippen LogP contribution in [0.3, 0.4) is 0 Å². The lowest BCUT2D eigenvalue weighted by atomic mass is 10.2. The molecule has 0 aliphatic rings. The van der Waals surface area contributed by atoms with Crippen LogP contribution < -0.4 is 5.43 Å². The van der Waals surface area contributed by atoms with Gasteiger partial charge in [0.25, 0.3) is 0 Å². The molecule has 0 aromatic carbocycles. The molecule has 0 fully saturated rings. The molecule has 3 aromatic rings. The monoisotopic (exact) mass is 340 g/mol. The fraction of sp³-hybridized carbons (Fsp3) is 0.0833. The van der Waals surface area contributed by atoms with Gasteiger partial charge in [0.05, 0.1) is 5.39 Å². The van der Waals surface area contributed by atoms with E-state index in [1.54, 1.807) is 6.92 Å². The number of halogens is 2. The average Bonchev–Trinajstić information content (AvgIpc) is 2.87. The minimum Gasteiger partial charge on any atom is -0.477 e. The number of aromatic nitrogens is 4. The van der Waals surface area contributed by atoms with Crippen LogP contribution in [0.1, 0.15) is 16.2 Å². The zero-order valence-corrected chi connectivity index (χ0v) is 12.4. The molecule has 0 spiro atoms. The summed E-state index contributed by atoms with van der Waals surface area (Å²) < 4.78 is 18.8. The van der Waals surface area contributed by atoms with E-state index in [1.165, 1.54) is 4.57 Å². The van der Waals surface area contributed by atoms with Crippen LogP contribution in [0.15, 0.2) is 17.1 Å². The lowest BCUT2D eigenvalue weighted by molar-refractivity contribution is 0.0695. The number of pyridine rings is 2. The summed E-state index contributed by atoms with van der Waals surface area (Å²) in [5, 5.41) is 8.81. The molecule has 0 bridgehead atoms. The molecule has 0 radical (unpaired) electrons. The fourth-order valence-electron chi connectivity index (χ4n) is 1.88. The number of rotatable bonds is 2. The van der Waals surface area contributed by atoms with Crippen molar-refractivity contribution in [2.75, 3.05) is 0 Å². The first-order valence-electron chi connectivity index (χ1n) is 5.84. The first-order chi connectivity index (χ1) is 10.4. The lowest BCUT2D eigenvalue weighted by Crippen LogP contribution is -2.19. The molecule has 0 atom stereocenters. The zero-order valence-electron chi connectivity index (χ0n) is 10.9. The van der Waals surface area contributed by atoms with E-state index in [-0.39, 0.29) is 11.0 Å². The highest BCUT2D eigenvalue weighted by Crippen LogP contribution is 2.21. The van der Waals surface area contributed by atoms with Gasteiger partial charge in [0.1, 0.15) is 11.4 Å². The van der Waals surface area contributed by atoms with Crippen molar-refractivity contribution in [3.05, 3.63) is 44.8 Å². The van der Waals surface area contributed by atoms with Gasteiger partial charge in [0, 0.05) is 17.7 Å². The number of fused-ring (bicyclic) bond motifs is 1. The van der Waals surface area contributed by atoms with Gasteiger partial charge in [-0.25, -0.2) is 19.2 Å². The second-order valence-corrected chi connectivity index (χ2v) is 5.39. The number of aromatic carboxylic acids is 1. The quantitative estimate of drug-likeness (QED) is 0.717. The van der Waals surface area contributed by atoms with Crippen LogP contribution in [0.25, 0.3) is 16.2 Å². The number of carboxylic acids is 1. The minimum atomic E-state index is -1.43. The van der Waals surface area contributed by atoms with E-state index in [0.29, 0.717) is 11.0 Å². The Bertz CT molecular complexity index is 984. The van der Waals surface area contributed by atoms with E-state index in [0.717, 1.165) is 23.8 Å². The standard InChI is InChI=1S/C12H6ClFN4O3S/c1-4-15-12(22-17-4)18-3-6(11(20)21)8(19)5-2-7(14)9(13)16-10(5)18/h2-3H,1H3,(H,20,21). The van der Waals surface area contributed by atoms with Gasteiger partial charge >= 0.3 is 5.97 Å². The first-order valence-corrected chi connectivity index (χ1v) is 6.99. The lowest BCUT2D eigenvalue weighted by Gasteiger charge is -2.08. The Morgan fingerprint density at radius 2 is 2.18 bits per heavy atom. The second-order valence-electron chi connectivity index (χ2n) is 4.30. The Hall–Kier alpha value is -2.39. The molecule has 3 heterocycles. The molecule has 0 saturated carbocycles. The third kappa shape index (κ3) is 2.24. The van der Waals surface area contributed by atoms with Crippen molar-refractivity contribution in [1.29, 1.82) is 0 Å². The highest BCUT2D eigenvalue weighted by atomic mass is 35.5. The van der Waals surface area contributed by atoms with Crippen LogP contribution in [-0.4, -0.2) is 30.0 Å². The predicted molar refractivity (Wildman–Crippen MR) is 77.5 cm³/mol. The predicted octanol–water partition coefficient (Wildman–Crippen LogP) is 2.04. The van der Waals surface area contributed by atoms with Gasteiger partial charge in [-0.2, -0.15) is 4.37 Å². The van der Waals surface area contributed by atoms with Crippen LogP contribution in [0.4, 0.5) is 4.39 Å². The molecule has 3 rings (SSSR count). The summed E-state index contributed by atoms with van der Waals surface area (Å²) in [6.45, 7) is 1.66. The maximum Gasteiger partial charge on any atom is 0.341 e. The number of carbonyl (C=O) groups is 1. The number of nitrogens with zero attached hydrogens (tertiary/aromatic N) is 4. The molecular weight excluding hydrogens is 335 g/mol. The van der Waals surface area contributed by atoms with Gasteiger partial charge in [-0.1, -0.05) is 11.6 Å². The van der Waals surface area contributed by atoms with Gasteiger partial charge < -0.3 is 5.11 Å². The summed E-state index contributed by atoms with van der Waals surface area (Å²) >= 11 is 6.64. The van der Waals surface area contributed by atoms with Gasteiger partial charge in [-0.05, 0) is 13.0 Å². The summed E-state index contributed by atoms with van der Waals surface area (Å²) in [6, 6.07) is 0.865. The Morgan fingerprint density at radius 1 is 1.45 bits per heavy atom. The Morgan fingerprint density at radius 3 is 2.77 bits per heavy atom. The molecule has 0 saturated heterocycles. The van der Waals surface area contributed by atoms with E-state index >= 15 is 0 Å². The highest BCUT2D eigenvalue weighted by Gasteiger charge is 2.19. The van der Waals surface area contributed by atoms with Gasteiger partial charge in [-0.15, -0.1) is 0 Å². The van der Waals surface area contributed by atoms with Crippen LogP contribution in [0, 0.1) is 12.7 Å². The highest BCUT2D eigenvalue weighted by molar-refractivity contribution is 7.08. The zero-order chi connectivity index (χ0) is 16.0. The molecule has 10 heteroatoms. The van der Waals surface area contributed by atoms with Gasteiger partial charge in [0.2, 0.25) is 10.6 Å². The maximum absolute atomic E-state index is 13.6. The normalized spacial score (nSPS) is 11.0. The molecule has 0 amide bonds. The van der Waals surface area contributed by atoms with Crippen LogP contribution in [0.2, 0.25) is 5.15 Å². The SMILES string of the molecule is Cc1nsc(-n2cc(C(=O)O)c(=O)c3cc(F)c(Cl)nc32)n1. The van der Waals surface area contributed by atoms with Crippen molar-refractivity contribution in [2.24, 2.45) is 0 Å². The topological polar surface area (TPSA) is 98.0 Å². The Labute approximate surface area is 130 Å². The van der Waals surface area contributed by atoms with E-state index < -0.39 is 27.9 Å². The summed E-state index contributed by atoms with van der Waals surface area (Å²) in [5.74, 6) is -1.87. The largest absolute Gasteiger partial charge is 0.477 e. The third-order valence-electron chi connectivity index (χ3n) is 2.84. The number of hydrogen-bond donors (Lipinski definition) is 1. The van der Waals surface area contributed by atoms with E-state index in [1.807, 2.05) is 0 Å². The van der Waals surface area contributed by atoms with Crippen molar-refractivity contribution in [1.82, 2.24) is 18.9 Å². The molecule has 0 aliphatic carbocycles. The van der Waals surface area contributed by atoms with Gasteiger partial charge in [-0.3, -0.25) is 9.36 Å². The number of aryl methyl sites for hydroxylation is 1. The van der Waals surface area contributed by atoms with Crippen molar-refractivity contribution in [3.63, 3.8) is 0 Å². The average molecular weight is 341 g/mol. The third-order valence-corrected chi connectivity index (χ3v) is 3.91. The molecule has 22 heavy (non-hydrogen) atoms. The van der Waals surface area contributed by atoms with Crippen LogP contribution in [-0.2, 0) is 0 Å². The smallest absolute Gasteiger partial charge is 0.341 e. The van der Waals surface area contributed by atoms with Crippen molar-refractivity contribution in [2.45, 2.75) is 6.92 Å². The summed E-state index contributed by atoms with van der Waals surface area (Å²) in [4.78, 5) is 31.3. The van der Waals surface area contributed by atoms with E-state index in [4.69, 9.17) is 16.7 Å².